The second-order valence-corrected chi connectivity index (χ2v) is 4.93. The van der Waals surface area contributed by atoms with E-state index in [2.05, 4.69) is 24.4 Å². The van der Waals surface area contributed by atoms with E-state index in [9.17, 15) is 4.79 Å². The highest BCUT2D eigenvalue weighted by Crippen LogP contribution is 2.08. The topological polar surface area (TPSA) is 33.0 Å². The predicted molar refractivity (Wildman–Crippen MR) is 80.4 cm³/mol. The van der Waals surface area contributed by atoms with Gasteiger partial charge in [0.25, 0.3) is 5.91 Å². The SMILES string of the molecule is CCCc1cc[n+]([C@H](C)C(=O)Nc2ccccc2)cc1. The van der Waals surface area contributed by atoms with Crippen LogP contribution in [0.25, 0.3) is 0 Å². The average Bonchev–Trinajstić information content (AvgIpc) is 2.48. The summed E-state index contributed by atoms with van der Waals surface area (Å²) in [5, 5.41) is 2.92. The monoisotopic (exact) mass is 269 g/mol. The molecule has 20 heavy (non-hydrogen) atoms. The lowest BCUT2D eigenvalue weighted by atomic mass is 10.1. The standard InChI is InChI=1S/C17H20N2O/c1-3-7-15-10-12-19(13-11-15)14(2)17(20)18-16-8-5-4-6-9-16/h4-6,8-14H,3,7H2,1-2H3/p+1/t14-/m1/s1. The van der Waals surface area contributed by atoms with Crippen LogP contribution in [0.2, 0.25) is 0 Å². The van der Waals surface area contributed by atoms with Crippen molar-refractivity contribution in [3.8, 4) is 0 Å². The van der Waals surface area contributed by atoms with Gasteiger partial charge < -0.3 is 5.32 Å². The second-order valence-electron chi connectivity index (χ2n) is 4.93. The van der Waals surface area contributed by atoms with Gasteiger partial charge >= 0.3 is 0 Å². The number of para-hydroxylation sites is 1. The van der Waals surface area contributed by atoms with Gasteiger partial charge in [-0.15, -0.1) is 0 Å². The highest BCUT2D eigenvalue weighted by atomic mass is 16.2. The molecule has 1 aromatic heterocycles. The number of benzene rings is 1. The molecular weight excluding hydrogens is 248 g/mol. The minimum atomic E-state index is -0.231. The molecule has 0 saturated heterocycles. The normalized spacial score (nSPS) is 11.9. The zero-order valence-electron chi connectivity index (χ0n) is 12.0. The fourth-order valence-electron chi connectivity index (χ4n) is 2.09. The number of rotatable bonds is 5. The number of nitrogens with one attached hydrogen (secondary N) is 1. The molecule has 1 aromatic carbocycles. The molecule has 3 heteroatoms. The van der Waals surface area contributed by atoms with Crippen molar-refractivity contribution < 1.29 is 9.36 Å². The Bertz CT molecular complexity index is 549. The van der Waals surface area contributed by atoms with Crippen molar-refractivity contribution in [1.82, 2.24) is 0 Å². The van der Waals surface area contributed by atoms with Gasteiger partial charge in [0.15, 0.2) is 12.4 Å². The van der Waals surface area contributed by atoms with Crippen molar-refractivity contribution >= 4 is 11.6 Å². The minimum Gasteiger partial charge on any atom is -0.320 e. The maximum Gasteiger partial charge on any atom is 0.293 e. The molecule has 0 aliphatic carbocycles. The largest absolute Gasteiger partial charge is 0.320 e. The third-order valence-corrected chi connectivity index (χ3v) is 3.33. The van der Waals surface area contributed by atoms with E-state index in [1.807, 2.05) is 54.2 Å². The lowest BCUT2D eigenvalue weighted by molar-refractivity contribution is -0.705. The summed E-state index contributed by atoms with van der Waals surface area (Å²) in [7, 11) is 0. The molecule has 0 fully saturated rings. The van der Waals surface area contributed by atoms with Crippen LogP contribution in [0.1, 0.15) is 31.9 Å². The van der Waals surface area contributed by atoms with Crippen LogP contribution < -0.4 is 9.88 Å². The zero-order chi connectivity index (χ0) is 14.4. The second kappa shape index (κ2) is 6.85. The Labute approximate surface area is 120 Å². The van der Waals surface area contributed by atoms with E-state index in [0.29, 0.717) is 0 Å². The van der Waals surface area contributed by atoms with E-state index in [1.165, 1.54) is 5.56 Å². The molecular formula is C17H21N2O+. The van der Waals surface area contributed by atoms with E-state index in [4.69, 9.17) is 0 Å². The summed E-state index contributed by atoms with van der Waals surface area (Å²) in [5.74, 6) is -0.00978. The third-order valence-electron chi connectivity index (χ3n) is 3.33. The molecule has 0 aliphatic heterocycles. The molecule has 3 nitrogen and oxygen atoms in total. The summed E-state index contributed by atoms with van der Waals surface area (Å²) >= 11 is 0. The molecule has 1 atom stereocenters. The molecule has 1 amide bonds. The summed E-state index contributed by atoms with van der Waals surface area (Å²) < 4.78 is 1.93. The van der Waals surface area contributed by atoms with Crippen molar-refractivity contribution in [3.05, 3.63) is 60.4 Å². The van der Waals surface area contributed by atoms with Crippen LogP contribution in [0.15, 0.2) is 54.9 Å². The van der Waals surface area contributed by atoms with Crippen molar-refractivity contribution in [1.29, 1.82) is 0 Å². The van der Waals surface area contributed by atoms with Crippen molar-refractivity contribution in [2.75, 3.05) is 5.32 Å². The lowest BCUT2D eigenvalue weighted by Crippen LogP contribution is -2.44. The van der Waals surface area contributed by atoms with E-state index in [0.717, 1.165) is 18.5 Å². The first kappa shape index (κ1) is 14.3. The first-order valence-electron chi connectivity index (χ1n) is 7.06. The molecule has 104 valence electrons. The van der Waals surface area contributed by atoms with E-state index in [-0.39, 0.29) is 11.9 Å². The zero-order valence-corrected chi connectivity index (χ0v) is 12.0. The molecule has 0 saturated carbocycles. The highest BCUT2D eigenvalue weighted by Gasteiger charge is 2.21. The first-order valence-corrected chi connectivity index (χ1v) is 7.06. The maximum atomic E-state index is 12.2. The number of anilines is 1. The van der Waals surface area contributed by atoms with Gasteiger partial charge in [-0.25, -0.2) is 0 Å². The van der Waals surface area contributed by atoms with Crippen LogP contribution in [0, 0.1) is 0 Å². The first-order chi connectivity index (χ1) is 9.70. The number of nitrogens with zero attached hydrogens (tertiary/aromatic N) is 1. The Morgan fingerprint density at radius 2 is 1.80 bits per heavy atom. The number of pyridine rings is 1. The van der Waals surface area contributed by atoms with E-state index >= 15 is 0 Å². The van der Waals surface area contributed by atoms with Crippen LogP contribution in [0.3, 0.4) is 0 Å². The highest BCUT2D eigenvalue weighted by molar-refractivity contribution is 5.92. The van der Waals surface area contributed by atoms with Gasteiger partial charge in [0.05, 0.1) is 0 Å². The molecule has 2 aromatic rings. The summed E-state index contributed by atoms with van der Waals surface area (Å²) in [6.45, 7) is 4.06. The van der Waals surface area contributed by atoms with Crippen LogP contribution in [-0.4, -0.2) is 5.91 Å². The van der Waals surface area contributed by atoms with Gasteiger partial charge in [0.1, 0.15) is 0 Å². The molecule has 1 heterocycles. The van der Waals surface area contributed by atoms with Gasteiger partial charge in [-0.1, -0.05) is 31.5 Å². The number of aryl methyl sites for hydroxylation is 1. The number of hydrogen-bond donors (Lipinski definition) is 1. The van der Waals surface area contributed by atoms with Crippen LogP contribution in [-0.2, 0) is 11.2 Å². The minimum absolute atomic E-state index is 0.00978. The summed E-state index contributed by atoms with van der Waals surface area (Å²) in [6, 6.07) is 13.5. The fraction of sp³-hybridized carbons (Fsp3) is 0.294. The van der Waals surface area contributed by atoms with Crippen molar-refractivity contribution in [3.63, 3.8) is 0 Å². The predicted octanol–water partition coefficient (Wildman–Crippen LogP) is 3.13. The molecule has 1 N–H and O–H groups in total. The van der Waals surface area contributed by atoms with E-state index in [1.54, 1.807) is 0 Å². The quantitative estimate of drug-likeness (QED) is 0.831. The molecule has 0 radical (unpaired) electrons. The smallest absolute Gasteiger partial charge is 0.293 e. The lowest BCUT2D eigenvalue weighted by Gasteiger charge is -2.09. The number of amides is 1. The van der Waals surface area contributed by atoms with Gasteiger partial charge in [0, 0.05) is 24.7 Å². The number of carbonyl (C=O) groups is 1. The van der Waals surface area contributed by atoms with Crippen molar-refractivity contribution in [2.24, 2.45) is 0 Å². The Kier molecular flexibility index (Phi) is 4.88. The molecule has 0 unspecified atom stereocenters. The van der Waals surface area contributed by atoms with Crippen molar-refractivity contribution in [2.45, 2.75) is 32.7 Å². The molecule has 0 aliphatic rings. The Morgan fingerprint density at radius 3 is 2.40 bits per heavy atom. The van der Waals surface area contributed by atoms with E-state index < -0.39 is 0 Å². The number of carbonyl (C=O) groups excluding carboxylic acids is 1. The van der Waals surface area contributed by atoms with Crippen LogP contribution >= 0.6 is 0 Å². The summed E-state index contributed by atoms with van der Waals surface area (Å²) in [4.78, 5) is 12.2. The molecule has 0 spiro atoms. The van der Waals surface area contributed by atoms with Gasteiger partial charge in [-0.05, 0) is 24.1 Å². The molecule has 0 bridgehead atoms. The van der Waals surface area contributed by atoms with Gasteiger partial charge in [-0.2, -0.15) is 4.57 Å². The molecule has 2 rings (SSSR count). The average molecular weight is 269 g/mol. The Morgan fingerprint density at radius 1 is 1.15 bits per heavy atom. The Balaban J connectivity index is 2.02. The fourth-order valence-corrected chi connectivity index (χ4v) is 2.09. The number of hydrogen-bond acceptors (Lipinski definition) is 1. The number of aromatic nitrogens is 1. The van der Waals surface area contributed by atoms with Crippen LogP contribution in [0.5, 0.6) is 0 Å². The summed E-state index contributed by atoms with van der Waals surface area (Å²) in [5.41, 5.74) is 2.13. The van der Waals surface area contributed by atoms with Gasteiger partial charge in [0.2, 0.25) is 6.04 Å². The van der Waals surface area contributed by atoms with Gasteiger partial charge in [-0.3, -0.25) is 4.79 Å². The third kappa shape index (κ3) is 3.67. The Hall–Kier alpha value is -2.16. The summed E-state index contributed by atoms with van der Waals surface area (Å²) in [6.07, 6.45) is 6.15. The maximum absolute atomic E-state index is 12.2. The van der Waals surface area contributed by atoms with Crippen LogP contribution in [0.4, 0.5) is 5.69 Å².